The number of Topliss-reactive ketones (excluding diaryl/α,β-unsaturated/α-hetero) is 1. The Labute approximate surface area is 101 Å². The molecule has 5 nitrogen and oxygen atoms in total. The Balaban J connectivity index is 3.05. The molecule has 0 saturated carbocycles. The van der Waals surface area contributed by atoms with Crippen LogP contribution in [0.4, 0.5) is 5.69 Å². The summed E-state index contributed by atoms with van der Waals surface area (Å²) in [4.78, 5) is 11.6. The number of hydrogen-bond acceptors (Lipinski definition) is 4. The molecule has 0 aliphatic heterocycles. The first-order valence-electron chi connectivity index (χ1n) is 5.13. The van der Waals surface area contributed by atoms with Crippen molar-refractivity contribution in [2.75, 3.05) is 24.2 Å². The minimum atomic E-state index is -3.31. The minimum absolute atomic E-state index is 0.0868. The first-order valence-corrected chi connectivity index (χ1v) is 6.98. The molecule has 0 bridgehead atoms. The summed E-state index contributed by atoms with van der Waals surface area (Å²) in [6.07, 6.45) is 1.37. The van der Waals surface area contributed by atoms with Gasteiger partial charge in [0.05, 0.1) is 11.9 Å². The minimum Gasteiger partial charge on any atom is -0.330 e. The van der Waals surface area contributed by atoms with E-state index in [1.165, 1.54) is 7.05 Å². The van der Waals surface area contributed by atoms with Gasteiger partial charge in [-0.25, -0.2) is 8.42 Å². The maximum Gasteiger partial charge on any atom is 0.231 e. The lowest BCUT2D eigenvalue weighted by molar-refractivity contribution is 0.0985. The van der Waals surface area contributed by atoms with Gasteiger partial charge in [-0.1, -0.05) is 12.1 Å². The molecule has 2 N–H and O–H groups in total. The Morgan fingerprint density at radius 1 is 1.41 bits per heavy atom. The fourth-order valence-corrected chi connectivity index (χ4v) is 1.84. The van der Waals surface area contributed by atoms with Gasteiger partial charge in [-0.2, -0.15) is 0 Å². The van der Waals surface area contributed by atoms with Gasteiger partial charge in [-0.05, 0) is 18.7 Å². The van der Waals surface area contributed by atoms with Crippen LogP contribution in [-0.2, 0) is 10.0 Å². The van der Waals surface area contributed by atoms with Crippen LogP contribution in [0.15, 0.2) is 24.3 Å². The van der Waals surface area contributed by atoms with Gasteiger partial charge in [0.25, 0.3) is 0 Å². The second kappa shape index (κ2) is 5.29. The van der Waals surface area contributed by atoms with Crippen molar-refractivity contribution in [2.24, 2.45) is 5.73 Å². The number of ketones is 1. The van der Waals surface area contributed by atoms with E-state index in [-0.39, 0.29) is 18.7 Å². The SMILES string of the molecule is CN(c1cccc(C(=O)CCN)c1)S(C)(=O)=O. The van der Waals surface area contributed by atoms with E-state index < -0.39 is 10.0 Å². The Bertz CT molecular complexity index is 511. The van der Waals surface area contributed by atoms with Gasteiger partial charge in [0, 0.05) is 19.0 Å². The molecule has 1 aromatic rings. The first kappa shape index (κ1) is 13.7. The van der Waals surface area contributed by atoms with Crippen LogP contribution in [0.5, 0.6) is 0 Å². The molecule has 0 aromatic heterocycles. The van der Waals surface area contributed by atoms with E-state index in [0.29, 0.717) is 11.3 Å². The summed E-state index contributed by atoms with van der Waals surface area (Å²) in [6, 6.07) is 6.50. The summed E-state index contributed by atoms with van der Waals surface area (Å²) in [5.74, 6) is -0.0868. The molecule has 0 aliphatic rings. The number of nitrogens with zero attached hydrogens (tertiary/aromatic N) is 1. The third-order valence-corrected chi connectivity index (χ3v) is 3.61. The molecule has 0 radical (unpaired) electrons. The molecular formula is C11H16N2O3S. The van der Waals surface area contributed by atoms with Gasteiger partial charge in [0.15, 0.2) is 5.78 Å². The van der Waals surface area contributed by atoms with Gasteiger partial charge < -0.3 is 5.73 Å². The maximum absolute atomic E-state index is 11.6. The number of carbonyl (C=O) groups excluding carboxylic acids is 1. The summed E-state index contributed by atoms with van der Waals surface area (Å²) in [7, 11) is -1.87. The highest BCUT2D eigenvalue weighted by molar-refractivity contribution is 7.92. The predicted molar refractivity (Wildman–Crippen MR) is 67.7 cm³/mol. The zero-order valence-electron chi connectivity index (χ0n) is 9.88. The van der Waals surface area contributed by atoms with Crippen molar-refractivity contribution in [3.05, 3.63) is 29.8 Å². The molecule has 0 amide bonds. The standard InChI is InChI=1S/C11H16N2O3S/c1-13(17(2,15)16)10-5-3-4-9(8-10)11(14)6-7-12/h3-5,8H,6-7,12H2,1-2H3. The van der Waals surface area contributed by atoms with Gasteiger partial charge in [-0.15, -0.1) is 0 Å². The van der Waals surface area contributed by atoms with E-state index in [1.54, 1.807) is 24.3 Å². The normalized spacial score (nSPS) is 11.2. The van der Waals surface area contributed by atoms with Crippen molar-refractivity contribution in [1.82, 2.24) is 0 Å². The van der Waals surface area contributed by atoms with Gasteiger partial charge >= 0.3 is 0 Å². The Hall–Kier alpha value is -1.40. The summed E-state index contributed by atoms with van der Waals surface area (Å²) in [5, 5.41) is 0. The summed E-state index contributed by atoms with van der Waals surface area (Å²) < 4.78 is 23.9. The zero-order chi connectivity index (χ0) is 13.1. The molecule has 1 rings (SSSR count). The fourth-order valence-electron chi connectivity index (χ4n) is 1.34. The van der Waals surface area contributed by atoms with Crippen LogP contribution in [0.25, 0.3) is 0 Å². The second-order valence-corrected chi connectivity index (χ2v) is 5.76. The molecule has 0 saturated heterocycles. The quantitative estimate of drug-likeness (QED) is 0.783. The average molecular weight is 256 g/mol. The Morgan fingerprint density at radius 2 is 2.06 bits per heavy atom. The van der Waals surface area contributed by atoms with E-state index >= 15 is 0 Å². The highest BCUT2D eigenvalue weighted by atomic mass is 32.2. The molecule has 1 aromatic carbocycles. The van der Waals surface area contributed by atoms with Crippen LogP contribution in [0.3, 0.4) is 0 Å². The molecule has 0 unspecified atom stereocenters. The van der Waals surface area contributed by atoms with Crippen LogP contribution in [0.1, 0.15) is 16.8 Å². The highest BCUT2D eigenvalue weighted by Crippen LogP contribution is 2.18. The van der Waals surface area contributed by atoms with E-state index in [1.807, 2.05) is 0 Å². The third kappa shape index (κ3) is 3.54. The number of rotatable bonds is 5. The van der Waals surface area contributed by atoms with Crippen molar-refractivity contribution in [2.45, 2.75) is 6.42 Å². The molecule has 0 aliphatic carbocycles. The monoisotopic (exact) mass is 256 g/mol. The van der Waals surface area contributed by atoms with Crippen LogP contribution in [-0.4, -0.2) is 34.0 Å². The molecule has 6 heteroatoms. The topological polar surface area (TPSA) is 80.5 Å². The zero-order valence-corrected chi connectivity index (χ0v) is 10.7. The number of benzene rings is 1. The number of sulfonamides is 1. The van der Waals surface area contributed by atoms with Gasteiger partial charge in [-0.3, -0.25) is 9.10 Å². The number of nitrogens with two attached hydrogens (primary N) is 1. The Kier molecular flexibility index (Phi) is 4.25. The lowest BCUT2D eigenvalue weighted by atomic mass is 10.1. The number of anilines is 1. The molecule has 94 valence electrons. The van der Waals surface area contributed by atoms with Gasteiger partial charge in [0.2, 0.25) is 10.0 Å². The number of carbonyl (C=O) groups is 1. The van der Waals surface area contributed by atoms with Crippen molar-refractivity contribution in [3.8, 4) is 0 Å². The summed E-state index contributed by atoms with van der Waals surface area (Å²) >= 11 is 0. The number of hydrogen-bond donors (Lipinski definition) is 1. The largest absolute Gasteiger partial charge is 0.330 e. The Morgan fingerprint density at radius 3 is 2.59 bits per heavy atom. The molecule has 0 heterocycles. The van der Waals surface area contributed by atoms with Crippen LogP contribution >= 0.6 is 0 Å². The van der Waals surface area contributed by atoms with Crippen molar-refractivity contribution >= 4 is 21.5 Å². The molecule has 0 atom stereocenters. The third-order valence-electron chi connectivity index (χ3n) is 2.40. The van der Waals surface area contributed by atoms with Crippen LogP contribution < -0.4 is 10.0 Å². The molecular weight excluding hydrogens is 240 g/mol. The van der Waals surface area contributed by atoms with Gasteiger partial charge in [0.1, 0.15) is 0 Å². The molecule has 0 fully saturated rings. The van der Waals surface area contributed by atoms with Crippen LogP contribution in [0.2, 0.25) is 0 Å². The van der Waals surface area contributed by atoms with Crippen LogP contribution in [0, 0.1) is 0 Å². The van der Waals surface area contributed by atoms with Crippen molar-refractivity contribution in [1.29, 1.82) is 0 Å². The van der Waals surface area contributed by atoms with Crippen molar-refractivity contribution in [3.63, 3.8) is 0 Å². The summed E-state index contributed by atoms with van der Waals surface area (Å²) in [5.41, 5.74) is 6.25. The lowest BCUT2D eigenvalue weighted by Gasteiger charge is -2.17. The molecule has 17 heavy (non-hydrogen) atoms. The molecule has 0 spiro atoms. The predicted octanol–water partition coefficient (Wildman–Crippen LogP) is 0.614. The van der Waals surface area contributed by atoms with E-state index in [0.717, 1.165) is 10.6 Å². The average Bonchev–Trinajstić information content (AvgIpc) is 2.27. The highest BCUT2D eigenvalue weighted by Gasteiger charge is 2.13. The second-order valence-electron chi connectivity index (χ2n) is 3.74. The fraction of sp³-hybridized carbons (Fsp3) is 0.364. The smallest absolute Gasteiger partial charge is 0.231 e. The van der Waals surface area contributed by atoms with E-state index in [9.17, 15) is 13.2 Å². The van der Waals surface area contributed by atoms with E-state index in [4.69, 9.17) is 5.73 Å². The van der Waals surface area contributed by atoms with Crippen molar-refractivity contribution < 1.29 is 13.2 Å². The summed E-state index contributed by atoms with van der Waals surface area (Å²) in [6.45, 7) is 0.283. The first-order chi connectivity index (χ1) is 7.86. The van der Waals surface area contributed by atoms with E-state index in [2.05, 4.69) is 0 Å². The maximum atomic E-state index is 11.6. The lowest BCUT2D eigenvalue weighted by Crippen LogP contribution is -2.25.